The van der Waals surface area contributed by atoms with E-state index in [1.165, 1.54) is 0 Å². The molecule has 2 amide bonds. The van der Waals surface area contributed by atoms with Gasteiger partial charge in [0.25, 0.3) is 0 Å². The van der Waals surface area contributed by atoms with Gasteiger partial charge in [-0.1, -0.05) is 24.3 Å². The van der Waals surface area contributed by atoms with Gasteiger partial charge in [-0.25, -0.2) is 4.79 Å². The average Bonchev–Trinajstić information content (AvgIpc) is 2.69. The predicted molar refractivity (Wildman–Crippen MR) is 99.5 cm³/mol. The highest BCUT2D eigenvalue weighted by molar-refractivity contribution is 5.88. The van der Waals surface area contributed by atoms with Crippen LogP contribution in [0.3, 0.4) is 0 Å². The summed E-state index contributed by atoms with van der Waals surface area (Å²) in [5, 5.41) is 41.3. The Balaban J connectivity index is 1.68. The number of hydrogen-bond acceptors (Lipinski definition) is 7. The summed E-state index contributed by atoms with van der Waals surface area (Å²) in [7, 11) is 0. The molecule has 0 aliphatic carbocycles. The molecular weight excluding hydrogens is 368 g/mol. The fraction of sp³-hybridized carbons (Fsp3) is 0.316. The molecule has 0 aromatic heterocycles. The molecule has 0 bridgehead atoms. The number of carbonyl (C=O) groups is 1. The highest BCUT2D eigenvalue weighted by atomic mass is 16.7. The SMILES string of the molecule is NC(=O)Nc1ccc(-c2ccc(OC3OC(CO)C(O)C(O)C3O)cc2)cc1. The van der Waals surface area contributed by atoms with Crippen molar-refractivity contribution in [3.8, 4) is 16.9 Å². The van der Waals surface area contributed by atoms with Crippen molar-refractivity contribution in [2.75, 3.05) is 11.9 Å². The summed E-state index contributed by atoms with van der Waals surface area (Å²) >= 11 is 0. The van der Waals surface area contributed by atoms with E-state index in [9.17, 15) is 25.2 Å². The molecule has 1 fully saturated rings. The zero-order chi connectivity index (χ0) is 20.3. The minimum atomic E-state index is -1.50. The second-order valence-corrected chi connectivity index (χ2v) is 6.41. The van der Waals surface area contributed by atoms with Crippen LogP contribution < -0.4 is 15.8 Å². The summed E-state index contributed by atoms with van der Waals surface area (Å²) in [4.78, 5) is 10.9. The van der Waals surface area contributed by atoms with Gasteiger partial charge in [-0.05, 0) is 35.4 Å². The highest BCUT2D eigenvalue weighted by Crippen LogP contribution is 2.27. The van der Waals surface area contributed by atoms with Crippen LogP contribution >= 0.6 is 0 Å². The third-order valence-corrected chi connectivity index (χ3v) is 4.44. The van der Waals surface area contributed by atoms with Crippen molar-refractivity contribution in [3.05, 3.63) is 48.5 Å². The van der Waals surface area contributed by atoms with E-state index in [4.69, 9.17) is 15.2 Å². The van der Waals surface area contributed by atoms with Gasteiger partial charge >= 0.3 is 6.03 Å². The third-order valence-electron chi connectivity index (χ3n) is 4.44. The van der Waals surface area contributed by atoms with Gasteiger partial charge in [0, 0.05) is 5.69 Å². The first kappa shape index (κ1) is 20.1. The van der Waals surface area contributed by atoms with Gasteiger partial charge < -0.3 is 41.0 Å². The van der Waals surface area contributed by atoms with Gasteiger partial charge in [0.2, 0.25) is 6.29 Å². The van der Waals surface area contributed by atoms with Gasteiger partial charge in [-0.15, -0.1) is 0 Å². The maximum absolute atomic E-state index is 10.9. The van der Waals surface area contributed by atoms with Crippen LogP contribution in [-0.2, 0) is 4.74 Å². The van der Waals surface area contributed by atoms with Crippen molar-refractivity contribution >= 4 is 11.7 Å². The standard InChI is InChI=1S/C19H22N2O7/c20-19(26)21-12-5-1-10(2-6-12)11-3-7-13(8-4-11)27-18-17(25)16(24)15(23)14(9-22)28-18/h1-8,14-18,22-25H,9H2,(H3,20,21,26). The lowest BCUT2D eigenvalue weighted by Gasteiger charge is -2.39. The molecule has 28 heavy (non-hydrogen) atoms. The zero-order valence-corrected chi connectivity index (χ0v) is 14.8. The molecule has 9 nitrogen and oxygen atoms in total. The van der Waals surface area contributed by atoms with Gasteiger partial charge in [0.05, 0.1) is 6.61 Å². The van der Waals surface area contributed by atoms with E-state index in [0.29, 0.717) is 11.4 Å². The number of carbonyl (C=O) groups excluding carboxylic acids is 1. The second kappa shape index (κ2) is 8.55. The summed E-state index contributed by atoms with van der Waals surface area (Å²) < 4.78 is 10.9. The lowest BCUT2D eigenvalue weighted by atomic mass is 9.99. The van der Waals surface area contributed by atoms with Crippen LogP contribution in [0, 0.1) is 0 Å². The molecular formula is C19H22N2O7. The molecule has 0 saturated carbocycles. The molecule has 1 aliphatic heterocycles. The number of ether oxygens (including phenoxy) is 2. The first-order valence-corrected chi connectivity index (χ1v) is 8.63. The largest absolute Gasteiger partial charge is 0.462 e. The molecule has 7 N–H and O–H groups in total. The Morgan fingerprint density at radius 3 is 2.07 bits per heavy atom. The number of anilines is 1. The maximum Gasteiger partial charge on any atom is 0.316 e. The minimum absolute atomic E-state index is 0.375. The lowest BCUT2D eigenvalue weighted by molar-refractivity contribution is -0.277. The number of rotatable bonds is 5. The molecule has 1 aliphatic rings. The van der Waals surface area contributed by atoms with E-state index in [1.807, 2.05) is 12.1 Å². The van der Waals surface area contributed by atoms with Gasteiger partial charge in [0.1, 0.15) is 30.2 Å². The van der Waals surface area contributed by atoms with E-state index in [0.717, 1.165) is 11.1 Å². The van der Waals surface area contributed by atoms with Crippen LogP contribution in [0.25, 0.3) is 11.1 Å². The van der Waals surface area contributed by atoms with Gasteiger partial charge in [-0.3, -0.25) is 0 Å². The molecule has 0 spiro atoms. The number of amides is 2. The van der Waals surface area contributed by atoms with Crippen LogP contribution in [0.1, 0.15) is 0 Å². The second-order valence-electron chi connectivity index (χ2n) is 6.41. The Labute approximate surface area is 160 Å². The van der Waals surface area contributed by atoms with Crippen LogP contribution in [0.4, 0.5) is 10.5 Å². The number of nitrogens with one attached hydrogen (secondary N) is 1. The number of nitrogens with two attached hydrogens (primary N) is 1. The number of aliphatic hydroxyl groups is 4. The molecule has 2 aromatic carbocycles. The van der Waals surface area contributed by atoms with E-state index in [1.54, 1.807) is 36.4 Å². The number of hydrogen-bond donors (Lipinski definition) is 6. The third kappa shape index (κ3) is 4.41. The normalized spacial score (nSPS) is 27.2. The first-order chi connectivity index (χ1) is 13.4. The van der Waals surface area contributed by atoms with E-state index < -0.39 is 43.3 Å². The molecule has 3 rings (SSSR count). The van der Waals surface area contributed by atoms with Crippen molar-refractivity contribution in [1.82, 2.24) is 0 Å². The molecule has 1 saturated heterocycles. The zero-order valence-electron chi connectivity index (χ0n) is 14.8. The summed E-state index contributed by atoms with van der Waals surface area (Å²) in [6.45, 7) is -0.523. The Morgan fingerprint density at radius 1 is 0.964 bits per heavy atom. The summed E-state index contributed by atoms with van der Waals surface area (Å²) in [6, 6.07) is 13.3. The number of benzene rings is 2. The molecule has 1 heterocycles. The van der Waals surface area contributed by atoms with E-state index in [2.05, 4.69) is 5.32 Å². The van der Waals surface area contributed by atoms with Gasteiger partial charge in [-0.2, -0.15) is 0 Å². The minimum Gasteiger partial charge on any atom is -0.462 e. The smallest absolute Gasteiger partial charge is 0.316 e. The highest BCUT2D eigenvalue weighted by Gasteiger charge is 2.44. The van der Waals surface area contributed by atoms with Crippen LogP contribution in [0.2, 0.25) is 0 Å². The molecule has 5 atom stereocenters. The van der Waals surface area contributed by atoms with Crippen molar-refractivity contribution in [1.29, 1.82) is 0 Å². The Kier molecular flexibility index (Phi) is 6.12. The average molecular weight is 390 g/mol. The Hall–Kier alpha value is -2.69. The monoisotopic (exact) mass is 390 g/mol. The maximum atomic E-state index is 10.9. The van der Waals surface area contributed by atoms with Crippen molar-refractivity contribution in [3.63, 3.8) is 0 Å². The molecule has 0 radical (unpaired) electrons. The Morgan fingerprint density at radius 2 is 1.54 bits per heavy atom. The Bertz CT molecular complexity index is 795. The van der Waals surface area contributed by atoms with E-state index >= 15 is 0 Å². The van der Waals surface area contributed by atoms with Crippen molar-refractivity contribution in [2.45, 2.75) is 30.7 Å². The molecule has 2 aromatic rings. The van der Waals surface area contributed by atoms with Crippen LogP contribution in [0.15, 0.2) is 48.5 Å². The topological polar surface area (TPSA) is 154 Å². The quantitative estimate of drug-likeness (QED) is 0.421. The lowest BCUT2D eigenvalue weighted by Crippen LogP contribution is -2.60. The molecule has 9 heteroatoms. The number of urea groups is 1. The van der Waals surface area contributed by atoms with Crippen LogP contribution in [-0.4, -0.2) is 63.8 Å². The van der Waals surface area contributed by atoms with E-state index in [-0.39, 0.29) is 0 Å². The fourth-order valence-electron chi connectivity index (χ4n) is 2.91. The summed E-state index contributed by atoms with van der Waals surface area (Å²) in [6.07, 6.45) is -6.67. The van der Waals surface area contributed by atoms with Crippen molar-refractivity contribution in [2.24, 2.45) is 5.73 Å². The predicted octanol–water partition coefficient (Wildman–Crippen LogP) is 0.0229. The summed E-state index contributed by atoms with van der Waals surface area (Å²) in [5.74, 6) is 0.375. The number of primary amides is 1. The molecule has 150 valence electrons. The number of aliphatic hydroxyl groups excluding tert-OH is 4. The molecule has 5 unspecified atom stereocenters. The summed E-state index contributed by atoms with van der Waals surface area (Å²) in [5.41, 5.74) is 7.44. The van der Waals surface area contributed by atoms with Crippen LogP contribution in [0.5, 0.6) is 5.75 Å². The van der Waals surface area contributed by atoms with Crippen molar-refractivity contribution < 1.29 is 34.7 Å². The first-order valence-electron chi connectivity index (χ1n) is 8.63. The van der Waals surface area contributed by atoms with Gasteiger partial charge in [0.15, 0.2) is 0 Å². The fourth-order valence-corrected chi connectivity index (χ4v) is 2.91.